The van der Waals surface area contributed by atoms with E-state index in [9.17, 15) is 4.79 Å². The average Bonchev–Trinajstić information content (AvgIpc) is 2.92. The molecule has 0 saturated carbocycles. The summed E-state index contributed by atoms with van der Waals surface area (Å²) in [6, 6.07) is 4.00. The Bertz CT molecular complexity index is 750. The van der Waals surface area contributed by atoms with Crippen LogP contribution in [-0.4, -0.2) is 43.9 Å². The van der Waals surface area contributed by atoms with Crippen molar-refractivity contribution in [2.45, 2.75) is 45.7 Å². The van der Waals surface area contributed by atoms with E-state index < -0.39 is 0 Å². The van der Waals surface area contributed by atoms with Crippen LogP contribution < -0.4 is 10.4 Å². The molecule has 136 valence electrons. The summed E-state index contributed by atoms with van der Waals surface area (Å²) in [5, 5.41) is 4.49. The Balaban J connectivity index is 1.69. The highest BCUT2D eigenvalue weighted by atomic mass is 16.5. The van der Waals surface area contributed by atoms with Crippen molar-refractivity contribution in [2.75, 3.05) is 19.7 Å². The molecule has 2 aromatic heterocycles. The second-order valence-electron chi connectivity index (χ2n) is 6.52. The fourth-order valence-electron chi connectivity index (χ4n) is 3.53. The Hall–Kier alpha value is -2.15. The van der Waals surface area contributed by atoms with Gasteiger partial charge < -0.3 is 4.74 Å². The molecule has 0 aromatic carbocycles. The fourth-order valence-corrected chi connectivity index (χ4v) is 3.53. The second-order valence-corrected chi connectivity index (χ2v) is 6.52. The third-order valence-corrected chi connectivity index (χ3v) is 4.72. The van der Waals surface area contributed by atoms with Gasteiger partial charge in [0.15, 0.2) is 0 Å². The number of aromatic nitrogens is 4. The summed E-state index contributed by atoms with van der Waals surface area (Å²) < 4.78 is 8.65. The van der Waals surface area contributed by atoms with Gasteiger partial charge in [0.25, 0.3) is 0 Å². The van der Waals surface area contributed by atoms with Crippen LogP contribution in [0.3, 0.4) is 0 Å². The number of likely N-dealkylation sites (tertiary alicyclic amines) is 1. The Kier molecular flexibility index (Phi) is 5.53. The van der Waals surface area contributed by atoms with Crippen molar-refractivity contribution in [3.8, 4) is 5.88 Å². The van der Waals surface area contributed by atoms with Gasteiger partial charge in [0, 0.05) is 44.9 Å². The Labute approximate surface area is 148 Å². The second kappa shape index (κ2) is 7.82. The summed E-state index contributed by atoms with van der Waals surface area (Å²) in [5.41, 5.74) is 1.16. The lowest BCUT2D eigenvalue weighted by Crippen LogP contribution is -2.35. The number of rotatable bonds is 6. The summed E-state index contributed by atoms with van der Waals surface area (Å²) in [6.07, 6.45) is 4.08. The van der Waals surface area contributed by atoms with Crippen molar-refractivity contribution < 1.29 is 4.74 Å². The number of hydrogen-bond donors (Lipinski definition) is 0. The largest absolute Gasteiger partial charge is 0.478 e. The third-order valence-electron chi connectivity index (χ3n) is 4.72. The van der Waals surface area contributed by atoms with Gasteiger partial charge >= 0.3 is 5.69 Å². The molecule has 1 atom stereocenters. The van der Waals surface area contributed by atoms with Gasteiger partial charge in [-0.25, -0.2) is 14.5 Å². The highest BCUT2D eigenvalue weighted by molar-refractivity contribution is 5.18. The Morgan fingerprint density at radius 3 is 2.84 bits per heavy atom. The number of pyridine rings is 1. The van der Waals surface area contributed by atoms with Crippen LogP contribution in [0.25, 0.3) is 0 Å². The van der Waals surface area contributed by atoms with Crippen molar-refractivity contribution in [3.05, 3.63) is 40.2 Å². The van der Waals surface area contributed by atoms with Crippen molar-refractivity contribution in [1.82, 2.24) is 24.2 Å². The van der Waals surface area contributed by atoms with Crippen molar-refractivity contribution in [1.29, 1.82) is 0 Å². The van der Waals surface area contributed by atoms with Crippen LogP contribution in [-0.2, 0) is 20.1 Å². The van der Waals surface area contributed by atoms with E-state index in [0.29, 0.717) is 24.9 Å². The molecule has 1 aliphatic rings. The smallest absolute Gasteiger partial charge is 0.345 e. The van der Waals surface area contributed by atoms with Gasteiger partial charge in [0.2, 0.25) is 5.88 Å². The zero-order valence-corrected chi connectivity index (χ0v) is 15.3. The summed E-state index contributed by atoms with van der Waals surface area (Å²) in [4.78, 5) is 18.9. The molecule has 0 N–H and O–H groups in total. The molecule has 0 spiro atoms. The molecule has 0 amide bonds. The maximum atomic E-state index is 12.2. The summed E-state index contributed by atoms with van der Waals surface area (Å²) in [5.74, 6) is 1.89. The van der Waals surface area contributed by atoms with Crippen LogP contribution in [0.2, 0.25) is 0 Å². The first-order valence-corrected chi connectivity index (χ1v) is 9.06. The molecule has 0 bridgehead atoms. The number of ether oxygens (including phenoxy) is 1. The maximum Gasteiger partial charge on any atom is 0.345 e. The molecule has 0 unspecified atom stereocenters. The molecule has 7 nitrogen and oxygen atoms in total. The van der Waals surface area contributed by atoms with E-state index in [4.69, 9.17) is 4.74 Å². The van der Waals surface area contributed by atoms with Gasteiger partial charge in [-0.1, -0.05) is 6.07 Å². The summed E-state index contributed by atoms with van der Waals surface area (Å²) >= 11 is 0. The van der Waals surface area contributed by atoms with Gasteiger partial charge in [-0.05, 0) is 38.8 Å². The lowest BCUT2D eigenvalue weighted by molar-refractivity contribution is 0.194. The first kappa shape index (κ1) is 17.7. The lowest BCUT2D eigenvalue weighted by Gasteiger charge is -2.32. The Morgan fingerprint density at radius 2 is 2.16 bits per heavy atom. The van der Waals surface area contributed by atoms with E-state index in [-0.39, 0.29) is 5.69 Å². The van der Waals surface area contributed by atoms with E-state index in [1.165, 1.54) is 10.2 Å². The monoisotopic (exact) mass is 345 g/mol. The minimum Gasteiger partial charge on any atom is -0.478 e. The van der Waals surface area contributed by atoms with Crippen molar-refractivity contribution in [3.63, 3.8) is 0 Å². The van der Waals surface area contributed by atoms with Crippen LogP contribution in [0.1, 0.15) is 44.0 Å². The van der Waals surface area contributed by atoms with Gasteiger partial charge in [0.1, 0.15) is 5.82 Å². The van der Waals surface area contributed by atoms with Crippen LogP contribution in [0.5, 0.6) is 5.88 Å². The zero-order valence-electron chi connectivity index (χ0n) is 15.3. The van der Waals surface area contributed by atoms with E-state index >= 15 is 0 Å². The molecule has 7 heteroatoms. The van der Waals surface area contributed by atoms with Crippen LogP contribution in [0.15, 0.2) is 23.1 Å². The fraction of sp³-hybridized carbons (Fsp3) is 0.611. The molecular formula is C18H27N5O2. The molecular weight excluding hydrogens is 318 g/mol. The standard InChI is InChI=1S/C18H27N5O2/c1-4-23-17(20-21(3)18(23)24)15-7-6-10-22(13-15)12-14-8-9-16(19-11-14)25-5-2/h8-9,11,15H,4-7,10,12-13H2,1-3H3/t15-/m0/s1. The number of hydrogen-bond acceptors (Lipinski definition) is 5. The normalized spacial score (nSPS) is 18.4. The third kappa shape index (κ3) is 3.92. The molecule has 1 saturated heterocycles. The minimum absolute atomic E-state index is 0.0228. The first-order chi connectivity index (χ1) is 12.1. The van der Waals surface area contributed by atoms with Gasteiger partial charge in [-0.15, -0.1) is 0 Å². The molecule has 1 fully saturated rings. The molecule has 0 aliphatic carbocycles. The van der Waals surface area contributed by atoms with E-state index in [2.05, 4.69) is 21.0 Å². The average molecular weight is 345 g/mol. The topological polar surface area (TPSA) is 65.2 Å². The van der Waals surface area contributed by atoms with Gasteiger partial charge in [-0.2, -0.15) is 5.10 Å². The molecule has 2 aromatic rings. The van der Waals surface area contributed by atoms with Crippen LogP contribution in [0, 0.1) is 0 Å². The summed E-state index contributed by atoms with van der Waals surface area (Å²) in [6.45, 7) is 8.09. The minimum atomic E-state index is -0.0228. The number of piperidine rings is 1. The van der Waals surface area contributed by atoms with Crippen LogP contribution >= 0.6 is 0 Å². The van der Waals surface area contributed by atoms with Gasteiger partial charge in [-0.3, -0.25) is 9.47 Å². The zero-order chi connectivity index (χ0) is 17.8. The molecule has 1 aliphatic heterocycles. The number of aryl methyl sites for hydroxylation is 1. The summed E-state index contributed by atoms with van der Waals surface area (Å²) in [7, 11) is 1.73. The molecule has 0 radical (unpaired) electrons. The predicted octanol–water partition coefficient (Wildman–Crippen LogP) is 1.77. The molecule has 3 rings (SSSR count). The van der Waals surface area contributed by atoms with Gasteiger partial charge in [0.05, 0.1) is 6.61 Å². The predicted molar refractivity (Wildman–Crippen MR) is 95.8 cm³/mol. The first-order valence-electron chi connectivity index (χ1n) is 9.06. The molecule has 3 heterocycles. The highest BCUT2D eigenvalue weighted by Crippen LogP contribution is 2.26. The quantitative estimate of drug-likeness (QED) is 0.798. The maximum absolute atomic E-state index is 12.2. The number of nitrogens with zero attached hydrogens (tertiary/aromatic N) is 5. The SMILES string of the molecule is CCOc1ccc(CN2CCC[C@H](c3nn(C)c(=O)n3CC)C2)cn1. The van der Waals surface area contributed by atoms with E-state index in [1.54, 1.807) is 11.6 Å². The van der Waals surface area contributed by atoms with Crippen LogP contribution in [0.4, 0.5) is 0 Å². The van der Waals surface area contributed by atoms with Crippen molar-refractivity contribution >= 4 is 0 Å². The van der Waals surface area contributed by atoms with E-state index in [1.807, 2.05) is 26.1 Å². The highest BCUT2D eigenvalue weighted by Gasteiger charge is 2.26. The lowest BCUT2D eigenvalue weighted by atomic mass is 9.96. The van der Waals surface area contributed by atoms with Crippen molar-refractivity contribution in [2.24, 2.45) is 7.05 Å². The molecule has 25 heavy (non-hydrogen) atoms. The van der Waals surface area contributed by atoms with E-state index in [0.717, 1.165) is 38.3 Å². The Morgan fingerprint density at radius 1 is 1.32 bits per heavy atom.